The number of halogens is 2. The first-order valence-corrected chi connectivity index (χ1v) is 5.66. The van der Waals surface area contributed by atoms with Crippen LogP contribution in [0.15, 0.2) is 41.6 Å². The smallest absolute Gasteiger partial charge is 0.241 e. The van der Waals surface area contributed by atoms with Crippen molar-refractivity contribution in [2.24, 2.45) is 10.8 Å². The van der Waals surface area contributed by atoms with Crippen LogP contribution in [0.2, 0.25) is 0 Å². The lowest BCUT2D eigenvalue weighted by molar-refractivity contribution is -0.120. The molecule has 7 heteroatoms. The number of pyridine rings is 1. The number of hydrogen-bond acceptors (Lipinski definition) is 4. The topological polar surface area (TPSA) is 80.4 Å². The molecule has 0 saturated heterocycles. The molecule has 1 aromatic heterocycles. The summed E-state index contributed by atoms with van der Waals surface area (Å²) in [5, 5.41) is 4.90. The molecule has 2 aromatic rings. The summed E-state index contributed by atoms with van der Waals surface area (Å²) in [4.78, 5) is 15.4. The number of carbonyl (C=O) groups is 1. The molecule has 3 N–H and O–H groups in total. The molecule has 108 valence electrons. The highest BCUT2D eigenvalue weighted by Gasteiger charge is 1.96. The number of amides is 1. The van der Waals surface area contributed by atoms with Crippen molar-refractivity contribution in [2.75, 3.05) is 6.54 Å². The van der Waals surface area contributed by atoms with Crippen LogP contribution in [-0.4, -0.2) is 23.7 Å². The van der Waals surface area contributed by atoms with E-state index >= 15 is 0 Å². The van der Waals surface area contributed by atoms with Crippen LogP contribution >= 0.6 is 24.8 Å². The van der Waals surface area contributed by atoms with Gasteiger partial charge >= 0.3 is 0 Å². The first-order chi connectivity index (χ1) is 8.79. The SMILES string of the molecule is Cl.Cl.NCCC(=O)N/N=C/c1ccc2ncccc2c1. The molecule has 20 heavy (non-hydrogen) atoms. The zero-order chi connectivity index (χ0) is 12.8. The van der Waals surface area contributed by atoms with E-state index in [0.29, 0.717) is 6.54 Å². The monoisotopic (exact) mass is 314 g/mol. The molecule has 0 bridgehead atoms. The minimum Gasteiger partial charge on any atom is -0.330 e. The molecule has 0 radical (unpaired) electrons. The van der Waals surface area contributed by atoms with Crippen molar-refractivity contribution in [2.45, 2.75) is 6.42 Å². The number of hydrazone groups is 1. The summed E-state index contributed by atoms with van der Waals surface area (Å²) >= 11 is 0. The van der Waals surface area contributed by atoms with Gasteiger partial charge in [-0.2, -0.15) is 5.10 Å². The molecule has 0 atom stereocenters. The Labute approximate surface area is 129 Å². The summed E-state index contributed by atoms with van der Waals surface area (Å²) in [5.74, 6) is -0.184. The fraction of sp³-hybridized carbons (Fsp3) is 0.154. The molecular weight excluding hydrogens is 299 g/mol. The van der Waals surface area contributed by atoms with E-state index in [9.17, 15) is 4.79 Å². The lowest BCUT2D eigenvalue weighted by Crippen LogP contribution is -2.20. The van der Waals surface area contributed by atoms with Gasteiger partial charge in [0.1, 0.15) is 0 Å². The summed E-state index contributed by atoms with van der Waals surface area (Å²) in [5.41, 5.74) is 9.51. The largest absolute Gasteiger partial charge is 0.330 e. The van der Waals surface area contributed by atoms with Gasteiger partial charge in [-0.1, -0.05) is 12.1 Å². The lowest BCUT2D eigenvalue weighted by Gasteiger charge is -1.99. The van der Waals surface area contributed by atoms with Gasteiger partial charge in [0.05, 0.1) is 11.7 Å². The van der Waals surface area contributed by atoms with Crippen molar-refractivity contribution < 1.29 is 4.79 Å². The molecule has 0 unspecified atom stereocenters. The summed E-state index contributed by atoms with van der Waals surface area (Å²) in [6, 6.07) is 9.63. The van der Waals surface area contributed by atoms with Crippen molar-refractivity contribution >= 4 is 47.8 Å². The van der Waals surface area contributed by atoms with Crippen LogP contribution < -0.4 is 11.2 Å². The molecule has 0 aliphatic rings. The number of carbonyl (C=O) groups excluding carboxylic acids is 1. The predicted molar refractivity (Wildman–Crippen MR) is 85.6 cm³/mol. The maximum atomic E-state index is 11.1. The number of nitrogens with zero attached hydrogens (tertiary/aromatic N) is 2. The van der Waals surface area contributed by atoms with Crippen LogP contribution in [0.3, 0.4) is 0 Å². The molecule has 0 spiro atoms. The van der Waals surface area contributed by atoms with Crippen LogP contribution in [0, 0.1) is 0 Å². The number of fused-ring (bicyclic) bond motifs is 1. The zero-order valence-electron chi connectivity index (χ0n) is 10.7. The quantitative estimate of drug-likeness (QED) is 0.668. The van der Waals surface area contributed by atoms with E-state index in [4.69, 9.17) is 5.73 Å². The van der Waals surface area contributed by atoms with E-state index in [-0.39, 0.29) is 37.1 Å². The van der Waals surface area contributed by atoms with Gasteiger partial charge in [0, 0.05) is 24.5 Å². The molecule has 1 amide bonds. The number of hydrogen-bond donors (Lipinski definition) is 2. The maximum Gasteiger partial charge on any atom is 0.241 e. The Bertz CT molecular complexity index is 589. The van der Waals surface area contributed by atoms with Gasteiger partial charge in [-0.3, -0.25) is 9.78 Å². The summed E-state index contributed by atoms with van der Waals surface area (Å²) in [6.07, 6.45) is 3.63. The molecule has 1 heterocycles. The van der Waals surface area contributed by atoms with E-state index in [1.807, 2.05) is 30.3 Å². The van der Waals surface area contributed by atoms with Crippen molar-refractivity contribution in [1.82, 2.24) is 10.4 Å². The Morgan fingerprint density at radius 2 is 2.15 bits per heavy atom. The molecule has 0 fully saturated rings. The highest BCUT2D eigenvalue weighted by Crippen LogP contribution is 2.11. The number of nitrogens with one attached hydrogen (secondary N) is 1. The average Bonchev–Trinajstić information content (AvgIpc) is 2.39. The number of rotatable bonds is 4. The molecule has 0 aliphatic heterocycles. The molecule has 5 nitrogen and oxygen atoms in total. The van der Waals surface area contributed by atoms with Crippen LogP contribution in [0.25, 0.3) is 10.9 Å². The first-order valence-electron chi connectivity index (χ1n) is 5.66. The maximum absolute atomic E-state index is 11.1. The zero-order valence-corrected chi connectivity index (χ0v) is 12.3. The summed E-state index contributed by atoms with van der Waals surface area (Å²) in [7, 11) is 0. The molecule has 0 aliphatic carbocycles. The summed E-state index contributed by atoms with van der Waals surface area (Å²) < 4.78 is 0. The van der Waals surface area contributed by atoms with Gasteiger partial charge in [0.15, 0.2) is 0 Å². The van der Waals surface area contributed by atoms with Gasteiger partial charge in [0.2, 0.25) is 5.91 Å². The standard InChI is InChI=1S/C13H14N4O.2ClH/c14-6-5-13(18)17-16-9-10-3-4-12-11(8-10)2-1-7-15-12;;/h1-4,7-9H,5-6,14H2,(H,17,18);2*1H/b16-9+;;. The highest BCUT2D eigenvalue weighted by molar-refractivity contribution is 5.89. The van der Waals surface area contributed by atoms with Crippen molar-refractivity contribution in [3.8, 4) is 0 Å². The number of nitrogens with two attached hydrogens (primary N) is 1. The Morgan fingerprint density at radius 3 is 2.90 bits per heavy atom. The highest BCUT2D eigenvalue weighted by atomic mass is 35.5. The second kappa shape index (κ2) is 9.25. The van der Waals surface area contributed by atoms with Crippen LogP contribution in [-0.2, 0) is 4.79 Å². The third kappa shape index (κ3) is 5.13. The average molecular weight is 315 g/mol. The van der Waals surface area contributed by atoms with Gasteiger partial charge in [0.25, 0.3) is 0 Å². The van der Waals surface area contributed by atoms with E-state index in [0.717, 1.165) is 16.5 Å². The van der Waals surface area contributed by atoms with Crippen LogP contribution in [0.4, 0.5) is 0 Å². The van der Waals surface area contributed by atoms with Gasteiger partial charge in [-0.05, 0) is 23.8 Å². The van der Waals surface area contributed by atoms with Crippen molar-refractivity contribution in [3.05, 3.63) is 42.1 Å². The van der Waals surface area contributed by atoms with E-state index in [2.05, 4.69) is 15.5 Å². The van der Waals surface area contributed by atoms with Crippen molar-refractivity contribution in [1.29, 1.82) is 0 Å². The Hall–Kier alpha value is -1.69. The second-order valence-corrected chi connectivity index (χ2v) is 3.79. The Morgan fingerprint density at radius 1 is 1.35 bits per heavy atom. The minimum atomic E-state index is -0.184. The predicted octanol–water partition coefficient (Wildman–Crippen LogP) is 1.88. The van der Waals surface area contributed by atoms with E-state index in [1.165, 1.54) is 0 Å². The van der Waals surface area contributed by atoms with Gasteiger partial charge in [-0.25, -0.2) is 5.43 Å². The first kappa shape index (κ1) is 18.3. The molecule has 1 aromatic carbocycles. The molecular formula is C13H16Cl2N4O. The lowest BCUT2D eigenvalue weighted by atomic mass is 10.1. The number of benzene rings is 1. The normalized spacial score (nSPS) is 9.85. The molecule has 2 rings (SSSR count). The Kier molecular flexibility index (Phi) is 8.47. The fourth-order valence-corrected chi connectivity index (χ4v) is 1.54. The van der Waals surface area contributed by atoms with Crippen LogP contribution in [0.1, 0.15) is 12.0 Å². The third-order valence-electron chi connectivity index (χ3n) is 2.40. The van der Waals surface area contributed by atoms with Crippen molar-refractivity contribution in [3.63, 3.8) is 0 Å². The number of aromatic nitrogens is 1. The minimum absolute atomic E-state index is 0. The van der Waals surface area contributed by atoms with Crippen LogP contribution in [0.5, 0.6) is 0 Å². The third-order valence-corrected chi connectivity index (χ3v) is 2.40. The van der Waals surface area contributed by atoms with Gasteiger partial charge in [-0.15, -0.1) is 24.8 Å². The van der Waals surface area contributed by atoms with E-state index < -0.39 is 0 Å². The fourth-order valence-electron chi connectivity index (χ4n) is 1.54. The second-order valence-electron chi connectivity index (χ2n) is 3.79. The molecule has 0 saturated carbocycles. The van der Waals surface area contributed by atoms with Gasteiger partial charge < -0.3 is 5.73 Å². The van der Waals surface area contributed by atoms with E-state index in [1.54, 1.807) is 12.4 Å². The Balaban J connectivity index is 0.00000180. The summed E-state index contributed by atoms with van der Waals surface area (Å²) in [6.45, 7) is 0.322.